The van der Waals surface area contributed by atoms with Crippen molar-refractivity contribution in [2.24, 2.45) is 0 Å². The van der Waals surface area contributed by atoms with Crippen LogP contribution in [0.3, 0.4) is 0 Å². The fourth-order valence-corrected chi connectivity index (χ4v) is 5.95. The Morgan fingerprint density at radius 2 is 1.72 bits per heavy atom. The lowest BCUT2D eigenvalue weighted by Crippen LogP contribution is -2.25. The maximum Gasteiger partial charge on any atom is 0.229 e. The standard InChI is InChI=1S/C19H18ClN5O2S2/c20-13-5-7-14(8-6-13)29(26,27)19-18-21-17(24-10-3-1-2-4-11-24)16-15(9-12-28-16)25(18)23-22-19/h5-9,12H,1-4,10-11H2. The monoisotopic (exact) mass is 447 g/mol. The largest absolute Gasteiger partial charge is 0.355 e. The average Bonchev–Trinajstić information content (AvgIpc) is 3.28. The molecular weight excluding hydrogens is 430 g/mol. The van der Waals surface area contributed by atoms with Gasteiger partial charge in [-0.05, 0) is 48.6 Å². The summed E-state index contributed by atoms with van der Waals surface area (Å²) in [6.07, 6.45) is 4.62. The molecule has 29 heavy (non-hydrogen) atoms. The topological polar surface area (TPSA) is 80.5 Å². The smallest absolute Gasteiger partial charge is 0.229 e. The van der Waals surface area contributed by atoms with Crippen LogP contribution in [0.15, 0.2) is 45.6 Å². The number of nitrogens with zero attached hydrogens (tertiary/aromatic N) is 5. The number of hydrogen-bond acceptors (Lipinski definition) is 7. The van der Waals surface area contributed by atoms with Crippen molar-refractivity contribution in [1.29, 1.82) is 0 Å². The molecule has 1 aromatic carbocycles. The van der Waals surface area contributed by atoms with E-state index in [0.29, 0.717) is 5.02 Å². The van der Waals surface area contributed by atoms with Crippen molar-refractivity contribution in [3.8, 4) is 0 Å². The average molecular weight is 448 g/mol. The third-order valence-electron chi connectivity index (χ3n) is 5.19. The highest BCUT2D eigenvalue weighted by Crippen LogP contribution is 2.34. The van der Waals surface area contributed by atoms with Crippen LogP contribution in [0, 0.1) is 0 Å². The van der Waals surface area contributed by atoms with Crippen LogP contribution >= 0.6 is 22.9 Å². The summed E-state index contributed by atoms with van der Waals surface area (Å²) in [5.74, 6) is 0.819. The molecule has 0 atom stereocenters. The Kier molecular flexibility index (Phi) is 4.68. The molecule has 5 rings (SSSR count). The first-order chi connectivity index (χ1) is 14.1. The molecule has 150 valence electrons. The SMILES string of the molecule is O=S(=O)(c1ccc(Cl)cc1)c1nnn2c1nc(N1CCCCCC1)c1sccc12. The van der Waals surface area contributed by atoms with E-state index in [1.165, 1.54) is 29.5 Å². The van der Waals surface area contributed by atoms with Crippen LogP contribution < -0.4 is 4.90 Å². The summed E-state index contributed by atoms with van der Waals surface area (Å²) in [4.78, 5) is 7.16. The number of hydrogen-bond donors (Lipinski definition) is 0. The quantitative estimate of drug-likeness (QED) is 0.468. The van der Waals surface area contributed by atoms with E-state index in [0.717, 1.165) is 42.0 Å². The van der Waals surface area contributed by atoms with Gasteiger partial charge >= 0.3 is 0 Å². The van der Waals surface area contributed by atoms with Crippen LogP contribution in [0.25, 0.3) is 15.9 Å². The molecule has 1 aliphatic rings. The number of sulfone groups is 1. The Morgan fingerprint density at radius 3 is 2.45 bits per heavy atom. The Balaban J connectivity index is 1.72. The minimum Gasteiger partial charge on any atom is -0.355 e. The van der Waals surface area contributed by atoms with Gasteiger partial charge < -0.3 is 4.90 Å². The Hall–Kier alpha value is -2.23. The molecule has 4 aromatic rings. The van der Waals surface area contributed by atoms with Gasteiger partial charge in [0.2, 0.25) is 14.9 Å². The number of anilines is 1. The summed E-state index contributed by atoms with van der Waals surface area (Å²) < 4.78 is 29.0. The van der Waals surface area contributed by atoms with Crippen molar-refractivity contribution >= 4 is 54.5 Å². The van der Waals surface area contributed by atoms with Crippen LogP contribution in [0.1, 0.15) is 25.7 Å². The highest BCUT2D eigenvalue weighted by molar-refractivity contribution is 7.91. The fraction of sp³-hybridized carbons (Fsp3) is 0.316. The maximum atomic E-state index is 13.2. The van der Waals surface area contributed by atoms with E-state index < -0.39 is 9.84 Å². The lowest BCUT2D eigenvalue weighted by atomic mass is 10.2. The van der Waals surface area contributed by atoms with E-state index in [4.69, 9.17) is 16.6 Å². The van der Waals surface area contributed by atoms with Gasteiger partial charge in [-0.2, -0.15) is 4.52 Å². The fourth-order valence-electron chi connectivity index (χ4n) is 3.70. The number of fused-ring (bicyclic) bond motifs is 3. The van der Waals surface area contributed by atoms with Crippen molar-refractivity contribution in [1.82, 2.24) is 19.8 Å². The van der Waals surface area contributed by atoms with Gasteiger partial charge in [-0.15, -0.1) is 16.4 Å². The predicted molar refractivity (Wildman–Crippen MR) is 114 cm³/mol. The molecule has 0 bridgehead atoms. The van der Waals surface area contributed by atoms with Gasteiger partial charge in [0.25, 0.3) is 0 Å². The van der Waals surface area contributed by atoms with Gasteiger partial charge in [-0.25, -0.2) is 13.4 Å². The molecule has 1 fully saturated rings. The third-order valence-corrected chi connectivity index (χ3v) is 8.01. The zero-order valence-electron chi connectivity index (χ0n) is 15.5. The molecule has 0 aliphatic carbocycles. The van der Waals surface area contributed by atoms with Crippen LogP contribution in [0.4, 0.5) is 5.82 Å². The summed E-state index contributed by atoms with van der Waals surface area (Å²) >= 11 is 7.50. The molecule has 10 heteroatoms. The first-order valence-corrected chi connectivity index (χ1v) is 12.2. The van der Waals surface area contributed by atoms with Gasteiger partial charge in [-0.3, -0.25) is 0 Å². The van der Waals surface area contributed by atoms with E-state index in [-0.39, 0.29) is 15.6 Å². The van der Waals surface area contributed by atoms with E-state index in [2.05, 4.69) is 15.2 Å². The number of aromatic nitrogens is 4. The molecular formula is C19H18ClN5O2S2. The molecule has 4 heterocycles. The van der Waals surface area contributed by atoms with Crippen molar-refractivity contribution in [2.75, 3.05) is 18.0 Å². The second-order valence-corrected chi connectivity index (χ2v) is 10.3. The van der Waals surface area contributed by atoms with Gasteiger partial charge in [0, 0.05) is 18.1 Å². The summed E-state index contributed by atoms with van der Waals surface area (Å²) in [5.41, 5.74) is 1.08. The van der Waals surface area contributed by atoms with Gasteiger partial charge in [0.05, 0.1) is 15.1 Å². The van der Waals surface area contributed by atoms with E-state index in [9.17, 15) is 8.42 Å². The molecule has 0 spiro atoms. The van der Waals surface area contributed by atoms with E-state index >= 15 is 0 Å². The second-order valence-electron chi connectivity index (χ2n) is 7.06. The van der Waals surface area contributed by atoms with Crippen molar-refractivity contribution < 1.29 is 8.42 Å². The number of rotatable bonds is 3. The van der Waals surface area contributed by atoms with Crippen LogP contribution in [0.5, 0.6) is 0 Å². The Morgan fingerprint density at radius 1 is 1.00 bits per heavy atom. The molecule has 0 radical (unpaired) electrons. The second kappa shape index (κ2) is 7.23. The summed E-state index contributed by atoms with van der Waals surface area (Å²) in [5, 5.41) is 10.4. The molecule has 7 nitrogen and oxygen atoms in total. The minimum absolute atomic E-state index is 0.118. The number of thiophene rings is 1. The molecule has 3 aromatic heterocycles. The van der Waals surface area contributed by atoms with Crippen LogP contribution in [-0.4, -0.2) is 41.3 Å². The zero-order valence-corrected chi connectivity index (χ0v) is 17.8. The first-order valence-electron chi connectivity index (χ1n) is 9.44. The molecule has 1 aliphatic heterocycles. The number of benzene rings is 1. The minimum atomic E-state index is -3.88. The van der Waals surface area contributed by atoms with Crippen molar-refractivity contribution in [2.45, 2.75) is 35.6 Å². The maximum absolute atomic E-state index is 13.2. The highest BCUT2D eigenvalue weighted by atomic mass is 35.5. The first kappa shape index (κ1) is 18.8. The predicted octanol–water partition coefficient (Wildman–Crippen LogP) is 4.21. The third kappa shape index (κ3) is 3.17. The Bertz CT molecular complexity index is 1290. The van der Waals surface area contributed by atoms with Gasteiger partial charge in [-0.1, -0.05) is 29.7 Å². The molecule has 0 amide bonds. The van der Waals surface area contributed by atoms with E-state index in [1.807, 2.05) is 11.4 Å². The number of halogens is 1. The highest BCUT2D eigenvalue weighted by Gasteiger charge is 2.28. The molecule has 0 saturated carbocycles. The van der Waals surface area contributed by atoms with Gasteiger partial charge in [0.1, 0.15) is 0 Å². The summed E-state index contributed by atoms with van der Waals surface area (Å²) in [6.45, 7) is 1.83. The van der Waals surface area contributed by atoms with Crippen LogP contribution in [-0.2, 0) is 9.84 Å². The lowest BCUT2D eigenvalue weighted by molar-refractivity contribution is 0.592. The summed E-state index contributed by atoms with van der Waals surface area (Å²) in [7, 11) is -3.88. The normalized spacial score (nSPS) is 15.8. The molecule has 0 N–H and O–H groups in total. The summed E-state index contributed by atoms with van der Waals surface area (Å²) in [6, 6.07) is 7.98. The van der Waals surface area contributed by atoms with Crippen molar-refractivity contribution in [3.05, 3.63) is 40.7 Å². The van der Waals surface area contributed by atoms with E-state index in [1.54, 1.807) is 23.5 Å². The lowest BCUT2D eigenvalue weighted by Gasteiger charge is -2.22. The Labute approximate surface area is 176 Å². The zero-order chi connectivity index (χ0) is 20.0. The van der Waals surface area contributed by atoms with Crippen molar-refractivity contribution in [3.63, 3.8) is 0 Å². The molecule has 0 unspecified atom stereocenters. The van der Waals surface area contributed by atoms with Crippen LogP contribution in [0.2, 0.25) is 5.02 Å². The van der Waals surface area contributed by atoms with Gasteiger partial charge in [0.15, 0.2) is 11.5 Å². The molecule has 1 saturated heterocycles.